The number of aryl methyl sites for hydroxylation is 1. The Balaban J connectivity index is 2.73. The Morgan fingerprint density at radius 3 is 3.40 bits per heavy atom. The van der Waals surface area contributed by atoms with Crippen molar-refractivity contribution in [2.45, 2.75) is 25.6 Å². The quantitative estimate of drug-likeness (QED) is 0.546. The Kier molecular flexibility index (Phi) is 0.468. The molecule has 0 aromatic carbocycles. The summed E-state index contributed by atoms with van der Waals surface area (Å²) in [5.74, 6) is -0.769. The van der Waals surface area contributed by atoms with Crippen molar-refractivity contribution in [2.24, 2.45) is 0 Å². The van der Waals surface area contributed by atoms with E-state index in [4.69, 9.17) is 8.22 Å². The molecule has 1 atom stereocenters. The second-order valence-corrected chi connectivity index (χ2v) is 2.17. The number of aromatic nitrogens is 2. The molecule has 0 saturated carbocycles. The van der Waals surface area contributed by atoms with E-state index in [2.05, 4.69) is 9.97 Å². The van der Waals surface area contributed by atoms with Gasteiger partial charge in [-0.2, -0.15) is 0 Å². The molecule has 1 aliphatic carbocycles. The van der Waals surface area contributed by atoms with Gasteiger partial charge in [0, 0.05) is 23.7 Å². The normalized spacial score (nSPS) is 41.5. The molecule has 0 fully saturated rings. The van der Waals surface area contributed by atoms with E-state index >= 15 is 0 Å². The number of nitrogens with zero attached hydrogens (tertiary/aromatic N) is 2. The summed E-state index contributed by atoms with van der Waals surface area (Å²) in [5.41, 5.74) is 0.00185. The van der Waals surface area contributed by atoms with Crippen molar-refractivity contribution in [1.29, 1.82) is 0 Å². The minimum atomic E-state index is -2.27. The summed E-state index contributed by atoms with van der Waals surface area (Å²) in [6.45, 7) is 1.52. The van der Waals surface area contributed by atoms with Gasteiger partial charge in [-0.3, -0.25) is 9.97 Å². The molecule has 1 aliphatic rings. The fourth-order valence-corrected chi connectivity index (χ4v) is 0.915. The minimum absolute atomic E-state index is 0.147. The fourth-order valence-electron chi connectivity index (χ4n) is 0.915. The van der Waals surface area contributed by atoms with Gasteiger partial charge in [0.2, 0.25) is 0 Å². The first-order valence-electron chi connectivity index (χ1n) is 6.05. The van der Waals surface area contributed by atoms with Gasteiger partial charge >= 0.3 is 0 Å². The lowest BCUT2D eigenvalue weighted by atomic mass is 10.1. The molecule has 0 radical (unpaired) electrons. The predicted octanol–water partition coefficient (Wildman–Crippen LogP) is 1.53. The zero-order valence-corrected chi connectivity index (χ0v) is 5.47. The molecule has 0 bridgehead atoms. The van der Waals surface area contributed by atoms with Crippen LogP contribution >= 0.6 is 0 Å². The van der Waals surface area contributed by atoms with Crippen LogP contribution in [-0.4, -0.2) is 9.97 Å². The van der Waals surface area contributed by atoms with Gasteiger partial charge in [-0.05, 0) is 12.7 Å². The number of hydrogen-bond donors (Lipinski definition) is 0. The predicted molar refractivity (Wildman–Crippen MR) is 38.8 cm³/mol. The van der Waals surface area contributed by atoms with E-state index < -0.39 is 24.8 Å². The van der Waals surface area contributed by atoms with Gasteiger partial charge in [0.25, 0.3) is 0 Å². The molecule has 1 unspecified atom stereocenters. The largest absolute Gasteiger partial charge is 0.258 e. The second-order valence-electron chi connectivity index (χ2n) is 2.17. The fraction of sp³-hybridized carbons (Fsp3) is 0.500. The molecule has 0 N–H and O–H groups in total. The Labute approximate surface area is 68.8 Å². The molecule has 10 heavy (non-hydrogen) atoms. The zero-order chi connectivity index (χ0) is 12.3. The van der Waals surface area contributed by atoms with Gasteiger partial charge in [-0.1, -0.05) is 6.92 Å². The van der Waals surface area contributed by atoms with Gasteiger partial charge in [0.1, 0.15) is 0 Å². The van der Waals surface area contributed by atoms with Crippen LogP contribution in [0.25, 0.3) is 0 Å². The average Bonchev–Trinajstić information content (AvgIpc) is 2.29. The third-order valence-electron chi connectivity index (χ3n) is 1.45. The molecule has 0 amide bonds. The van der Waals surface area contributed by atoms with Gasteiger partial charge in [0.15, 0.2) is 0 Å². The van der Waals surface area contributed by atoms with Crippen molar-refractivity contribution in [3.05, 3.63) is 23.7 Å². The number of fused-ring (bicyclic) bond motifs is 1. The third-order valence-corrected chi connectivity index (χ3v) is 1.45. The highest BCUT2D eigenvalue weighted by Gasteiger charge is 2.19. The highest BCUT2D eigenvalue weighted by molar-refractivity contribution is 5.20. The van der Waals surface area contributed by atoms with Crippen LogP contribution in [0.15, 0.2) is 12.3 Å². The van der Waals surface area contributed by atoms with Crippen molar-refractivity contribution in [1.82, 2.24) is 9.97 Å². The van der Waals surface area contributed by atoms with E-state index in [0.717, 1.165) is 0 Å². The summed E-state index contributed by atoms with van der Waals surface area (Å²) in [6, 6.07) is 0. The van der Waals surface area contributed by atoms with Crippen molar-refractivity contribution < 1.29 is 8.22 Å². The minimum Gasteiger partial charge on any atom is -0.258 e. The van der Waals surface area contributed by atoms with Crippen LogP contribution in [0.4, 0.5) is 0 Å². The molecule has 52 valence electrons. The molecular weight excluding hydrogens is 124 g/mol. The van der Waals surface area contributed by atoms with E-state index in [0.29, 0.717) is 0 Å². The molecule has 0 spiro atoms. The van der Waals surface area contributed by atoms with Gasteiger partial charge < -0.3 is 0 Å². The second kappa shape index (κ2) is 2.04. The molecule has 0 aliphatic heterocycles. The van der Waals surface area contributed by atoms with Crippen LogP contribution in [0.2, 0.25) is 0 Å². The van der Waals surface area contributed by atoms with Gasteiger partial charge in [0.05, 0.1) is 14.1 Å². The highest BCUT2D eigenvalue weighted by Crippen LogP contribution is 2.28. The van der Waals surface area contributed by atoms with Crippen LogP contribution < -0.4 is 0 Å². The maximum absolute atomic E-state index is 7.71. The molecule has 1 aromatic rings. The maximum atomic E-state index is 7.71. The Hall–Kier alpha value is -0.920. The standard InChI is InChI=1S/C8H10N2/c1-6-2-3-7-8(6)10-5-4-9-7/h4-6H,2-3H2,1H3/i2D2,3D2,4D,5D. The summed E-state index contributed by atoms with van der Waals surface area (Å²) in [5, 5.41) is 0. The smallest absolute Gasteiger partial charge is 0.0857 e. The summed E-state index contributed by atoms with van der Waals surface area (Å²) in [6.07, 6.45) is -5.15. The molecule has 2 nitrogen and oxygen atoms in total. The van der Waals surface area contributed by atoms with Gasteiger partial charge in [-0.25, -0.2) is 0 Å². The summed E-state index contributed by atoms with van der Waals surface area (Å²) in [4.78, 5) is 7.42. The first-order chi connectivity index (χ1) is 7.19. The highest BCUT2D eigenvalue weighted by atomic mass is 14.8. The van der Waals surface area contributed by atoms with Crippen molar-refractivity contribution >= 4 is 0 Å². The van der Waals surface area contributed by atoms with E-state index in [1.807, 2.05) is 0 Å². The molecular formula is C8H10N2. The first kappa shape index (κ1) is 2.29. The SMILES string of the molecule is [2H]c1nc2c(nc1[2H])C([2H])([2H])C([2H])([2H])C2C. The lowest BCUT2D eigenvalue weighted by molar-refractivity contribution is 0.731. The van der Waals surface area contributed by atoms with Crippen LogP contribution in [-0.2, 0) is 6.37 Å². The molecule has 0 saturated heterocycles. The lowest BCUT2D eigenvalue weighted by Gasteiger charge is -1.99. The van der Waals surface area contributed by atoms with E-state index in [1.165, 1.54) is 6.92 Å². The molecule has 1 heterocycles. The van der Waals surface area contributed by atoms with Crippen molar-refractivity contribution in [3.8, 4) is 0 Å². The van der Waals surface area contributed by atoms with E-state index in [-0.39, 0.29) is 17.6 Å². The van der Waals surface area contributed by atoms with Crippen molar-refractivity contribution in [3.63, 3.8) is 0 Å². The first-order valence-corrected chi connectivity index (χ1v) is 3.05. The van der Waals surface area contributed by atoms with E-state index in [1.54, 1.807) is 0 Å². The summed E-state index contributed by atoms with van der Waals surface area (Å²) in [7, 11) is 0. The maximum Gasteiger partial charge on any atom is 0.0857 e. The Morgan fingerprint density at radius 2 is 2.50 bits per heavy atom. The van der Waals surface area contributed by atoms with Crippen LogP contribution in [0.5, 0.6) is 0 Å². The Morgan fingerprint density at radius 1 is 1.70 bits per heavy atom. The van der Waals surface area contributed by atoms with Crippen molar-refractivity contribution in [2.75, 3.05) is 0 Å². The van der Waals surface area contributed by atoms with Crippen LogP contribution in [0.1, 0.15) is 38.8 Å². The van der Waals surface area contributed by atoms with E-state index in [9.17, 15) is 0 Å². The monoisotopic (exact) mass is 140 g/mol. The topological polar surface area (TPSA) is 25.8 Å². The lowest BCUT2D eigenvalue weighted by Crippen LogP contribution is -1.92. The van der Waals surface area contributed by atoms with Gasteiger partial charge in [-0.15, -0.1) is 0 Å². The third kappa shape index (κ3) is 0.719. The average molecular weight is 140 g/mol. The van der Waals surface area contributed by atoms with Crippen LogP contribution in [0.3, 0.4) is 0 Å². The summed E-state index contributed by atoms with van der Waals surface area (Å²) < 4.78 is 45.5. The van der Waals surface area contributed by atoms with Crippen LogP contribution in [0, 0.1) is 0 Å². The zero-order valence-electron chi connectivity index (χ0n) is 11.5. The number of rotatable bonds is 0. The molecule has 2 rings (SSSR count). The Bertz CT molecular complexity index is 458. The summed E-state index contributed by atoms with van der Waals surface area (Å²) >= 11 is 0. The number of hydrogen-bond acceptors (Lipinski definition) is 2. The molecule has 1 aromatic heterocycles. The molecule has 2 heteroatoms.